The molecule has 4 N–H and O–H groups in total. The van der Waals surface area contributed by atoms with E-state index in [2.05, 4.69) is 29.5 Å². The summed E-state index contributed by atoms with van der Waals surface area (Å²) in [7, 11) is 0. The number of carbonyl (C=O) groups excluding carboxylic acids is 3. The fourth-order valence-electron chi connectivity index (χ4n) is 6.86. The summed E-state index contributed by atoms with van der Waals surface area (Å²) in [6, 6.07) is 3.80. The molecule has 0 spiro atoms. The number of nitrogens with zero attached hydrogens (tertiary/aromatic N) is 2. The first-order valence-electron chi connectivity index (χ1n) is 12.6. The van der Waals surface area contributed by atoms with Crippen LogP contribution in [-0.2, 0) is 22.6 Å². The van der Waals surface area contributed by atoms with Crippen LogP contribution in [0.4, 0.5) is 5.82 Å². The van der Waals surface area contributed by atoms with Gasteiger partial charge in [0.05, 0.1) is 5.02 Å². The third-order valence-corrected chi connectivity index (χ3v) is 8.60. The summed E-state index contributed by atoms with van der Waals surface area (Å²) in [4.78, 5) is 41.3. The lowest BCUT2D eigenvalue weighted by molar-refractivity contribution is -0.125. The Kier molecular flexibility index (Phi) is 5.93. The molecule has 0 radical (unpaired) electrons. The van der Waals surface area contributed by atoms with Crippen LogP contribution in [0.2, 0.25) is 5.02 Å². The molecule has 36 heavy (non-hydrogen) atoms. The van der Waals surface area contributed by atoms with E-state index in [1.807, 2.05) is 11.5 Å². The summed E-state index contributed by atoms with van der Waals surface area (Å²) in [5, 5.41) is 6.52. The van der Waals surface area contributed by atoms with Gasteiger partial charge in [-0.1, -0.05) is 32.4 Å². The van der Waals surface area contributed by atoms with Crippen LogP contribution >= 0.6 is 11.6 Å². The third-order valence-electron chi connectivity index (χ3n) is 8.30. The first-order chi connectivity index (χ1) is 16.8. The lowest BCUT2D eigenvalue weighted by Crippen LogP contribution is -2.35. The fraction of sp³-hybridized carbons (Fsp3) is 0.556. The average molecular weight is 512 g/mol. The monoisotopic (exact) mass is 511 g/mol. The molecule has 0 aromatic carbocycles. The first-order valence-corrected chi connectivity index (χ1v) is 13.0. The highest BCUT2D eigenvalue weighted by Crippen LogP contribution is 2.53. The van der Waals surface area contributed by atoms with E-state index < -0.39 is 11.3 Å². The van der Waals surface area contributed by atoms with Gasteiger partial charge in [0, 0.05) is 47.9 Å². The van der Waals surface area contributed by atoms with Crippen LogP contribution in [0.5, 0.6) is 0 Å². The average Bonchev–Trinajstić information content (AvgIpc) is 3.45. The lowest BCUT2D eigenvalue weighted by Gasteiger charge is -2.25. The second-order valence-electron chi connectivity index (χ2n) is 12.0. The number of carbonyl (C=O) groups is 3. The molecular formula is C27H34ClN5O3. The van der Waals surface area contributed by atoms with Crippen molar-refractivity contribution in [3.05, 3.63) is 34.7 Å². The summed E-state index contributed by atoms with van der Waals surface area (Å²) in [5.41, 5.74) is 8.24. The van der Waals surface area contributed by atoms with Gasteiger partial charge in [0.2, 0.25) is 11.8 Å². The predicted molar refractivity (Wildman–Crippen MR) is 138 cm³/mol. The Morgan fingerprint density at radius 3 is 2.39 bits per heavy atom. The number of aromatic nitrogens is 2. The number of amides is 3. The summed E-state index contributed by atoms with van der Waals surface area (Å²) in [6.07, 6.45) is 5.78. The molecule has 192 valence electrons. The quantitative estimate of drug-likeness (QED) is 0.558. The first kappa shape index (κ1) is 24.8. The third kappa shape index (κ3) is 4.40. The SMILES string of the molecule is CC(=O)N[C@H]1C[C@@H]2C[C@@](C)(C(=O)Nc3cc(-c4cc(C(N)=O)n5c4CC(C)(C)C5)c(Cl)cn3)C[C@@H]2C1. The van der Waals surface area contributed by atoms with Crippen molar-refractivity contribution >= 4 is 35.1 Å². The molecule has 5 rings (SSSR count). The molecule has 2 aromatic heterocycles. The second-order valence-corrected chi connectivity index (χ2v) is 12.4. The van der Waals surface area contributed by atoms with Crippen LogP contribution < -0.4 is 16.4 Å². The Bertz CT molecular complexity index is 1250. The zero-order valence-electron chi connectivity index (χ0n) is 21.3. The van der Waals surface area contributed by atoms with Gasteiger partial charge in [0.1, 0.15) is 11.5 Å². The number of anilines is 1. The minimum Gasteiger partial charge on any atom is -0.364 e. The van der Waals surface area contributed by atoms with E-state index in [1.165, 1.54) is 0 Å². The molecule has 0 bridgehead atoms. The Balaban J connectivity index is 1.36. The van der Waals surface area contributed by atoms with Crippen molar-refractivity contribution in [2.75, 3.05) is 5.32 Å². The van der Waals surface area contributed by atoms with Crippen molar-refractivity contribution in [2.24, 2.45) is 28.4 Å². The predicted octanol–water partition coefficient (Wildman–Crippen LogP) is 4.15. The molecule has 3 aliphatic rings. The summed E-state index contributed by atoms with van der Waals surface area (Å²) in [5.74, 6) is 0.794. The number of nitrogens with two attached hydrogens (primary N) is 1. The maximum atomic E-state index is 13.4. The molecular weight excluding hydrogens is 478 g/mol. The van der Waals surface area contributed by atoms with Gasteiger partial charge >= 0.3 is 0 Å². The summed E-state index contributed by atoms with van der Waals surface area (Å²) >= 11 is 6.57. The Morgan fingerprint density at radius 1 is 1.11 bits per heavy atom. The van der Waals surface area contributed by atoms with E-state index in [0.29, 0.717) is 34.9 Å². The van der Waals surface area contributed by atoms with Crippen LogP contribution in [0, 0.1) is 22.7 Å². The topological polar surface area (TPSA) is 119 Å². The minimum absolute atomic E-state index is 0.000170. The van der Waals surface area contributed by atoms with E-state index in [4.69, 9.17) is 17.3 Å². The highest BCUT2D eigenvalue weighted by Gasteiger charge is 2.50. The van der Waals surface area contributed by atoms with Crippen LogP contribution in [0.3, 0.4) is 0 Å². The van der Waals surface area contributed by atoms with Crippen molar-refractivity contribution in [2.45, 2.75) is 72.4 Å². The molecule has 0 saturated heterocycles. The van der Waals surface area contributed by atoms with Crippen molar-refractivity contribution in [3.8, 4) is 11.1 Å². The number of hydrogen-bond donors (Lipinski definition) is 3. The number of halogens is 1. The highest BCUT2D eigenvalue weighted by atomic mass is 35.5. The molecule has 2 fully saturated rings. The molecule has 2 saturated carbocycles. The number of primary amides is 1. The Morgan fingerprint density at radius 2 is 1.78 bits per heavy atom. The zero-order chi connectivity index (χ0) is 26.0. The van der Waals surface area contributed by atoms with Crippen molar-refractivity contribution in [1.29, 1.82) is 0 Å². The Hall–Kier alpha value is -2.87. The Labute approximate surface area is 216 Å². The molecule has 9 heteroatoms. The molecule has 8 nitrogen and oxygen atoms in total. The minimum atomic E-state index is -0.488. The highest BCUT2D eigenvalue weighted by molar-refractivity contribution is 6.33. The van der Waals surface area contributed by atoms with E-state index in [0.717, 1.165) is 48.9 Å². The van der Waals surface area contributed by atoms with E-state index >= 15 is 0 Å². The molecule has 4 atom stereocenters. The number of pyridine rings is 1. The normalized spacial score (nSPS) is 28.0. The molecule has 1 aliphatic heterocycles. The smallest absolute Gasteiger partial charge is 0.265 e. The summed E-state index contributed by atoms with van der Waals surface area (Å²) < 4.78 is 1.99. The van der Waals surface area contributed by atoms with Crippen LogP contribution in [0.15, 0.2) is 18.3 Å². The maximum absolute atomic E-state index is 13.4. The van der Waals surface area contributed by atoms with Crippen LogP contribution in [-0.4, -0.2) is 33.3 Å². The van der Waals surface area contributed by atoms with Crippen molar-refractivity contribution in [3.63, 3.8) is 0 Å². The fourth-order valence-corrected chi connectivity index (χ4v) is 7.06. The van der Waals surface area contributed by atoms with E-state index in [-0.39, 0.29) is 23.3 Å². The molecule has 0 unspecified atom stereocenters. The van der Waals surface area contributed by atoms with Gasteiger partial charge in [0.25, 0.3) is 5.91 Å². The van der Waals surface area contributed by atoms with Gasteiger partial charge in [-0.3, -0.25) is 14.4 Å². The van der Waals surface area contributed by atoms with Gasteiger partial charge in [-0.05, 0) is 61.5 Å². The number of hydrogen-bond acceptors (Lipinski definition) is 4. The van der Waals surface area contributed by atoms with Gasteiger partial charge < -0.3 is 20.9 Å². The molecule has 2 aliphatic carbocycles. The second kappa shape index (κ2) is 8.61. The molecule has 2 aromatic rings. The van der Waals surface area contributed by atoms with Crippen LogP contribution in [0.1, 0.15) is 69.6 Å². The number of fused-ring (bicyclic) bond motifs is 2. The van der Waals surface area contributed by atoms with Crippen molar-refractivity contribution < 1.29 is 14.4 Å². The van der Waals surface area contributed by atoms with Crippen LogP contribution in [0.25, 0.3) is 11.1 Å². The molecule has 3 amide bonds. The van der Waals surface area contributed by atoms with Gasteiger partial charge in [-0.15, -0.1) is 0 Å². The number of rotatable bonds is 5. The van der Waals surface area contributed by atoms with Gasteiger partial charge in [-0.25, -0.2) is 4.98 Å². The van der Waals surface area contributed by atoms with E-state index in [1.54, 1.807) is 25.3 Å². The lowest BCUT2D eigenvalue weighted by atomic mass is 9.84. The summed E-state index contributed by atoms with van der Waals surface area (Å²) in [6.45, 7) is 8.59. The maximum Gasteiger partial charge on any atom is 0.265 e. The number of nitrogens with one attached hydrogen (secondary N) is 2. The zero-order valence-corrected chi connectivity index (χ0v) is 22.0. The molecule has 3 heterocycles. The van der Waals surface area contributed by atoms with Crippen molar-refractivity contribution in [1.82, 2.24) is 14.9 Å². The van der Waals surface area contributed by atoms with Gasteiger partial charge in [0.15, 0.2) is 0 Å². The largest absolute Gasteiger partial charge is 0.364 e. The standard InChI is InChI=1S/C27H34ClN5O3/c1-14(34)31-17-5-15-9-27(4,10-16(15)6-17)25(36)32-23-8-18(20(28)12-30-23)19-7-21(24(29)35)33-13-26(2,3)11-22(19)33/h7-8,12,15-17H,5-6,9-11,13H2,1-4H3,(H2,29,35)(H,31,34)(H,30,32,36)/t15-,16+,17+,27-. The van der Waals surface area contributed by atoms with E-state index in [9.17, 15) is 14.4 Å². The van der Waals surface area contributed by atoms with Gasteiger partial charge in [-0.2, -0.15) is 0 Å².